The van der Waals surface area contributed by atoms with Gasteiger partial charge in [-0.3, -0.25) is 0 Å². The average molecular weight is 1800 g/mol. The van der Waals surface area contributed by atoms with Crippen molar-refractivity contribution < 1.29 is 219 Å². The Bertz CT molecular complexity index is 3450. The third-order valence-corrected chi connectivity index (χ3v) is 30.9. The molecule has 10 unspecified atom stereocenters. The first-order valence-electron chi connectivity index (χ1n) is 42.9. The molecule has 124 heavy (non-hydrogen) atoms. The van der Waals surface area contributed by atoms with E-state index >= 15 is 0 Å². The molecule has 12 aliphatic rings. The molecule has 28 N–H and O–H groups in total. The summed E-state index contributed by atoms with van der Waals surface area (Å²) in [5.74, 6) is -0.246. The maximum Gasteiger partial charge on any atom is 0.187 e. The zero-order valence-corrected chi connectivity index (χ0v) is 70.9. The highest BCUT2D eigenvalue weighted by Gasteiger charge is 2.78. The standard InChI is InChI=1S/C80H136O44/c1-28(29-13-17-78(8)77(29,7)19-39(89)80(10)76(6)16-15-40(74(2,3)38(76)14-18-79(78,80)9)117-66-56(104)50(98)60(34(24-85)113-66)120-70-57(105)51(99)61(35(25-86)114-70)119-67-53(101)46(94)42(90)30(20-81)109-67)11-12-41(75(4,5)108)118-72-65(124-69-55(103)48(96)44(92)32(22-83)111-69)59(107)63(37(27-88)116-72)121-71-58(106)52(100)62(36(26-87)115-71)122-73-64(49(97)45(93)33(23-84)112-73)123-68-54(102)47(95)43(91)31(21-82)110-68/h14,28-37,39-73,81-108H,11-13,15-27H2,1-10H3/t28-,29?,30-,31-,32-,33-,34-,35-,36-,37-,39?,40+,41-,42-,43-,44-,45-,46+,47+,48+,49+,50-,51-,52-,53-,54-,55-,56-,57-,58-,59+,60-,61-,62-,63-,64-,65-,66?,67?,68?,69?,70?,71?,72?,73?,76-,77-,78-,79+,80+/m1/s1. The molecule has 8 aliphatic heterocycles. The van der Waals surface area contributed by atoms with E-state index in [2.05, 4.69) is 47.6 Å². The van der Waals surface area contributed by atoms with Gasteiger partial charge in [-0.1, -0.05) is 67.0 Å². The molecule has 0 aromatic carbocycles. The number of hydrogen-bond donors (Lipinski definition) is 28. The zero-order chi connectivity index (χ0) is 91.4. The largest absolute Gasteiger partial charge is 0.394 e. The molecule has 0 bridgehead atoms. The van der Waals surface area contributed by atoms with Gasteiger partial charge in [0.2, 0.25) is 0 Å². The summed E-state index contributed by atoms with van der Waals surface area (Å²) in [6.45, 7) is 12.6. The fourth-order valence-electron chi connectivity index (χ4n) is 22.8. The number of ether oxygens (including phenoxy) is 16. The van der Waals surface area contributed by atoms with Crippen molar-refractivity contribution >= 4 is 0 Å². The molecule has 8 saturated heterocycles. The Kier molecular flexibility index (Phi) is 31.9. The molecule has 44 heteroatoms. The van der Waals surface area contributed by atoms with Gasteiger partial charge in [0.05, 0.1) is 76.8 Å². The van der Waals surface area contributed by atoms with Gasteiger partial charge in [-0.2, -0.15) is 0 Å². The predicted octanol–water partition coefficient (Wildman–Crippen LogP) is -11.2. The molecular formula is C80H136O44. The minimum Gasteiger partial charge on any atom is -0.394 e. The van der Waals surface area contributed by atoms with Crippen molar-refractivity contribution in [1.82, 2.24) is 0 Å². The molecule has 50 atom stereocenters. The van der Waals surface area contributed by atoms with Crippen molar-refractivity contribution in [2.24, 2.45) is 44.3 Å². The lowest BCUT2D eigenvalue weighted by Gasteiger charge is -2.75. The van der Waals surface area contributed by atoms with E-state index in [1.807, 2.05) is 13.8 Å². The van der Waals surface area contributed by atoms with Crippen LogP contribution in [0.3, 0.4) is 0 Å². The fraction of sp³-hybridized carbons (Fsp3) is 0.975. The lowest BCUT2D eigenvalue weighted by atomic mass is 9.29. The molecule has 720 valence electrons. The van der Waals surface area contributed by atoms with Crippen molar-refractivity contribution in [2.75, 3.05) is 52.9 Å². The van der Waals surface area contributed by atoms with E-state index in [-0.39, 0.29) is 18.3 Å². The van der Waals surface area contributed by atoms with Crippen molar-refractivity contribution in [3.05, 3.63) is 11.6 Å². The molecule has 0 aromatic rings. The molecule has 11 fully saturated rings. The van der Waals surface area contributed by atoms with Gasteiger partial charge in [0.25, 0.3) is 0 Å². The summed E-state index contributed by atoms with van der Waals surface area (Å²) in [5, 5.41) is 310. The average Bonchev–Trinajstić information content (AvgIpc) is 1.27. The van der Waals surface area contributed by atoms with Gasteiger partial charge in [-0.15, -0.1) is 0 Å². The van der Waals surface area contributed by atoms with Gasteiger partial charge in [-0.05, 0) is 98.7 Å². The van der Waals surface area contributed by atoms with Crippen LogP contribution in [0.15, 0.2) is 11.6 Å². The Morgan fingerprint density at radius 2 is 0.669 bits per heavy atom. The van der Waals surface area contributed by atoms with E-state index in [1.165, 1.54) is 13.8 Å². The Morgan fingerprint density at radius 3 is 1.06 bits per heavy atom. The summed E-state index contributed by atoms with van der Waals surface area (Å²) in [4.78, 5) is 0. The van der Waals surface area contributed by atoms with Crippen LogP contribution in [0.1, 0.15) is 121 Å². The third kappa shape index (κ3) is 17.7. The highest BCUT2D eigenvalue weighted by atomic mass is 16.8. The Morgan fingerprint density at radius 1 is 0.355 bits per heavy atom. The van der Waals surface area contributed by atoms with E-state index in [0.717, 1.165) is 12.0 Å². The number of hydrogen-bond acceptors (Lipinski definition) is 44. The minimum absolute atomic E-state index is 0.0598. The van der Waals surface area contributed by atoms with Gasteiger partial charge in [0.15, 0.2) is 50.3 Å². The first kappa shape index (κ1) is 101. The van der Waals surface area contributed by atoms with Crippen molar-refractivity contribution in [1.29, 1.82) is 0 Å². The molecule has 0 spiro atoms. The number of rotatable bonds is 29. The van der Waals surface area contributed by atoms with Crippen molar-refractivity contribution in [3.8, 4) is 0 Å². The molecule has 0 aromatic heterocycles. The van der Waals surface area contributed by atoms with Crippen LogP contribution in [0.4, 0.5) is 0 Å². The van der Waals surface area contributed by atoms with Crippen LogP contribution in [-0.4, -0.2) is 465 Å². The lowest BCUT2D eigenvalue weighted by Crippen LogP contribution is -2.72. The van der Waals surface area contributed by atoms with Crippen LogP contribution in [0.5, 0.6) is 0 Å². The molecule has 12 rings (SSSR count). The third-order valence-electron chi connectivity index (χ3n) is 30.9. The Labute approximate surface area is 715 Å². The van der Waals surface area contributed by atoms with Gasteiger partial charge < -0.3 is 219 Å². The molecular weight excluding hydrogens is 1660 g/mol. The van der Waals surface area contributed by atoms with Crippen LogP contribution in [0, 0.1) is 44.3 Å². The summed E-state index contributed by atoms with van der Waals surface area (Å²) in [6, 6.07) is 0. The molecule has 44 nitrogen and oxygen atoms in total. The van der Waals surface area contributed by atoms with E-state index in [1.54, 1.807) is 0 Å². The lowest BCUT2D eigenvalue weighted by molar-refractivity contribution is -0.404. The topological polar surface area (TPSA) is 714 Å². The number of aliphatic hydroxyl groups excluding tert-OH is 27. The summed E-state index contributed by atoms with van der Waals surface area (Å²) >= 11 is 0. The Balaban J connectivity index is 0.721. The monoisotopic (exact) mass is 1800 g/mol. The van der Waals surface area contributed by atoms with Crippen LogP contribution in [-0.2, 0) is 75.8 Å². The zero-order valence-electron chi connectivity index (χ0n) is 70.9. The highest BCUT2D eigenvalue weighted by Crippen LogP contribution is 2.82. The Hall–Kier alpha value is -2.02. The smallest absolute Gasteiger partial charge is 0.187 e. The van der Waals surface area contributed by atoms with Crippen LogP contribution in [0.2, 0.25) is 0 Å². The molecule has 4 aliphatic carbocycles. The molecule has 8 heterocycles. The first-order valence-corrected chi connectivity index (χ1v) is 42.9. The maximum atomic E-state index is 13.4. The highest BCUT2D eigenvalue weighted by molar-refractivity contribution is 5.39. The summed E-state index contributed by atoms with van der Waals surface area (Å²) in [5.41, 5.74) is -4.78. The maximum absolute atomic E-state index is 13.4. The minimum atomic E-state index is -2.28. The molecule has 0 amide bonds. The normalized spacial score (nSPS) is 53.0. The summed E-state index contributed by atoms with van der Waals surface area (Å²) in [6.07, 6.45) is -72.5. The van der Waals surface area contributed by atoms with Gasteiger partial charge in [-0.25, -0.2) is 0 Å². The first-order chi connectivity index (χ1) is 58.1. The van der Waals surface area contributed by atoms with Gasteiger partial charge >= 0.3 is 0 Å². The van der Waals surface area contributed by atoms with E-state index in [4.69, 9.17) is 75.8 Å². The van der Waals surface area contributed by atoms with E-state index in [0.29, 0.717) is 38.5 Å². The van der Waals surface area contributed by atoms with E-state index < -0.39 is 355 Å². The van der Waals surface area contributed by atoms with Crippen molar-refractivity contribution in [3.63, 3.8) is 0 Å². The van der Waals surface area contributed by atoms with Gasteiger partial charge in [0.1, 0.15) is 195 Å². The van der Waals surface area contributed by atoms with Crippen LogP contribution in [0.25, 0.3) is 0 Å². The van der Waals surface area contributed by atoms with Gasteiger partial charge in [0, 0.05) is 10.8 Å². The fourth-order valence-corrected chi connectivity index (χ4v) is 22.8. The summed E-state index contributed by atoms with van der Waals surface area (Å²) < 4.78 is 95.7. The van der Waals surface area contributed by atoms with Crippen molar-refractivity contribution in [2.45, 2.75) is 390 Å². The second-order valence-corrected chi connectivity index (χ2v) is 38.3. The van der Waals surface area contributed by atoms with E-state index in [9.17, 15) is 143 Å². The predicted molar refractivity (Wildman–Crippen MR) is 407 cm³/mol. The number of aliphatic hydroxyl groups is 28. The van der Waals surface area contributed by atoms with Crippen LogP contribution < -0.4 is 0 Å². The molecule has 3 saturated carbocycles. The SMILES string of the molecule is C[C@H](CC[C@@H](OC1O[C@H](CO)[C@@H](OC2O[C@H](CO)[C@@H](OC3O[C@H](CO)[C@@H](O)[C@H](O)[C@H]3OC3O[C@H](CO)[C@@H](O)[C@H](O)[C@H]3O)[C@H](O)[C@H]2O)[C@H](O)[C@H]1OC1O[C@H](CO)[C@@H](O)[C@H](O)[C@H]1O)C(C)(C)O)C1CC[C@@]2(C)[C@]3(C)CC=C4C(C)(C)[C@@H](OC5O[C@H](CO)[C@@H](OC6O[C@H](CO)[C@@H](OC7O[C@H](CO)[C@@H](O)[C@H](O)[C@H]7O)[C@H](O)[C@H]6O)[C@H](O)[C@H]5O)CC[C@@]4(C)[C@]3(C)C(O)C[C@]12C. The van der Waals surface area contributed by atoms with Crippen LogP contribution >= 0.6 is 0 Å². The number of fused-ring (bicyclic) bond motifs is 5. The second-order valence-electron chi connectivity index (χ2n) is 38.3. The number of allylic oxidation sites excluding steroid dienone is 1. The quantitative estimate of drug-likeness (QED) is 0.0309. The summed E-state index contributed by atoms with van der Waals surface area (Å²) in [7, 11) is 0. The molecule has 0 radical (unpaired) electrons. The second kappa shape index (κ2) is 39.1.